The summed E-state index contributed by atoms with van der Waals surface area (Å²) in [5.74, 6) is 7.00. The van der Waals surface area contributed by atoms with Gasteiger partial charge >= 0.3 is 0 Å². The van der Waals surface area contributed by atoms with Gasteiger partial charge in [-0.15, -0.1) is 0 Å². The van der Waals surface area contributed by atoms with Crippen molar-refractivity contribution in [2.24, 2.45) is 5.73 Å². The van der Waals surface area contributed by atoms with Gasteiger partial charge in [0, 0.05) is 97.3 Å². The average molecular weight is 1920 g/mol. The highest BCUT2D eigenvalue weighted by Crippen LogP contribution is 2.46. The van der Waals surface area contributed by atoms with Gasteiger partial charge in [0.25, 0.3) is 0 Å². The lowest BCUT2D eigenvalue weighted by Gasteiger charge is -2.36. The van der Waals surface area contributed by atoms with Gasteiger partial charge in [-0.1, -0.05) is 58.5 Å². The lowest BCUT2D eigenvalue weighted by molar-refractivity contribution is -0.138. The van der Waals surface area contributed by atoms with Crippen molar-refractivity contribution in [3.63, 3.8) is 0 Å². The van der Waals surface area contributed by atoms with E-state index in [0.717, 1.165) is 158 Å². The van der Waals surface area contributed by atoms with Crippen LogP contribution in [0.3, 0.4) is 0 Å². The van der Waals surface area contributed by atoms with E-state index in [4.69, 9.17) is 52.1 Å². The molecule has 4 saturated heterocycles. The van der Waals surface area contributed by atoms with E-state index in [9.17, 15) is 9.59 Å². The van der Waals surface area contributed by atoms with Crippen molar-refractivity contribution in [2.45, 2.75) is 211 Å². The molecular weight excluding hydrogens is 1800 g/mol. The Labute approximate surface area is 803 Å². The third-order valence-corrected chi connectivity index (χ3v) is 28.1. The summed E-state index contributed by atoms with van der Waals surface area (Å²) in [6.45, 7) is 23.2. The number of likely N-dealkylation sites (tertiary alicyclic amines) is 3. The fourth-order valence-corrected chi connectivity index (χ4v) is 19.2. The van der Waals surface area contributed by atoms with Gasteiger partial charge in [-0.2, -0.15) is 35.3 Å². The number of aromatic nitrogens is 16. The topological polar surface area (TPSA) is 387 Å². The zero-order chi connectivity index (χ0) is 94.7. The summed E-state index contributed by atoms with van der Waals surface area (Å²) in [7, 11) is 3.96. The number of piperidine rings is 4. The first-order valence-corrected chi connectivity index (χ1v) is 48.0. The molecule has 12 aromatic rings. The van der Waals surface area contributed by atoms with Gasteiger partial charge in [0.1, 0.15) is 48.9 Å². The molecule has 38 heteroatoms. The predicted molar refractivity (Wildman–Crippen MR) is 524 cm³/mol. The van der Waals surface area contributed by atoms with Crippen LogP contribution in [-0.4, -0.2) is 196 Å². The fraction of sp³-hybridized carbons (Fsp3) is 0.443. The number of likely N-dealkylation sites (N-methyl/N-ethyl adjacent to an activating group) is 1. The minimum Gasteiger partial charge on any atom is -0.341 e. The van der Waals surface area contributed by atoms with E-state index in [1.165, 1.54) is 73.8 Å². The molecule has 135 heavy (non-hydrogen) atoms. The molecule has 12 heterocycles. The smallest absolute Gasteiger partial charge is 0.243 e. The Balaban J connectivity index is 0.000000126. The average Bonchev–Trinajstić information content (AvgIpc) is 1.60. The first-order valence-electron chi connectivity index (χ1n) is 46.5. The number of halogens is 7. The number of amides is 2. The second-order valence-corrected chi connectivity index (χ2v) is 39.1. The summed E-state index contributed by atoms with van der Waals surface area (Å²) in [5.41, 5.74) is 21.3. The van der Waals surface area contributed by atoms with Crippen LogP contribution >= 0.6 is 46.4 Å². The van der Waals surface area contributed by atoms with E-state index in [2.05, 4.69) is 161 Å². The summed E-state index contributed by atoms with van der Waals surface area (Å²) in [6.07, 6.45) is 22.6. The number of carbonyl (C=O) groups is 2. The quantitative estimate of drug-likeness (QED) is 0.0253. The number of hydrogen-bond acceptors (Lipinski definition) is 25. The molecule has 0 atom stereocenters. The zero-order valence-electron chi connectivity index (χ0n) is 77.6. The number of anilines is 14. The van der Waals surface area contributed by atoms with Crippen LogP contribution in [0.2, 0.25) is 20.1 Å². The summed E-state index contributed by atoms with van der Waals surface area (Å²) in [4.78, 5) is 69.0. The molecule has 8 fully saturated rings. The molecule has 4 saturated carbocycles. The number of nitrogens with zero attached hydrogens (tertiary/aromatic N) is 16. The molecule has 4 aliphatic carbocycles. The number of rotatable bonds is 25. The molecule has 14 N–H and O–H groups in total. The summed E-state index contributed by atoms with van der Waals surface area (Å²) in [5, 5.41) is 55.0. The van der Waals surface area contributed by atoms with Crippen molar-refractivity contribution in [1.82, 2.24) is 106 Å². The van der Waals surface area contributed by atoms with Crippen LogP contribution in [0.4, 0.5) is 94.6 Å². The predicted octanol–water partition coefficient (Wildman–Crippen LogP) is 19.8. The molecule has 0 radical (unpaired) electrons. The van der Waals surface area contributed by atoms with Gasteiger partial charge in [0.05, 0.1) is 41.7 Å². The number of H-pyrrole nitrogens is 4. The van der Waals surface area contributed by atoms with Crippen LogP contribution < -0.4 is 48.3 Å². The highest BCUT2D eigenvalue weighted by molar-refractivity contribution is 6.34. The second-order valence-electron chi connectivity index (χ2n) is 37.5. The Morgan fingerprint density at radius 2 is 0.800 bits per heavy atom. The molecule has 0 spiro atoms. The lowest BCUT2D eigenvalue weighted by Crippen LogP contribution is -2.50. The standard InChI is InChI=1S/C26H32ClFN8O.C25H29ClFN7O.C25H29ClFN7.C21H26ClN7/c1-15-11-21(30-25-29-14-19(27)23(32-25)31-22-12-16(2)33-34-22)20(28)13-18(15)17-5-9-36(10-6-17)24(37)26(7-8-26)35(3)4;1-14-9-17(11-21-29-13-19(26)23(30-21)31-22-10-15(2)32-33-22)20(27)12-18(14)16-3-7-34(8-4-16)24(35)25(28)5-6-25;1-14-10-22(20(27)11-18(14)15-6-8-34(9-7-15)17-4-5-17)29-25-28-13-19(26)24(31-25)30-23-12-21(32-33-23)16-2-3-16;1-12-9-18(13(2)8-16(12)15-4-6-23-7-5-15)25-21-24-11-17(22)20(27-21)26-19-10-14(3)28-29-19/h11-14,17H,5-10H2,1-4H3,(H3,29,30,31,32,33,34);9-10,12-13,16H,3-8,11,28H2,1-2H3,(H2,29,30,31,32,33);10-13,15-17H,2-9H2,1H3,(H3,28,29,30,31,32,33);8-11,15,23H,4-7H2,1-3H3,(H3,24,25,26,27,28,29). The zero-order valence-corrected chi connectivity index (χ0v) is 80.6. The number of nitrogens with two attached hydrogens (primary N) is 1. The van der Waals surface area contributed by atoms with Crippen molar-refractivity contribution in [1.29, 1.82) is 0 Å². The molecule has 0 unspecified atom stereocenters. The minimum atomic E-state index is -0.632. The van der Waals surface area contributed by atoms with Gasteiger partial charge in [-0.3, -0.25) is 34.9 Å². The van der Waals surface area contributed by atoms with Crippen LogP contribution in [0.25, 0.3) is 0 Å². The number of aromatic amines is 4. The molecule has 710 valence electrons. The maximum absolute atomic E-state index is 15.2. The molecule has 8 aromatic heterocycles. The van der Waals surface area contributed by atoms with Gasteiger partial charge in [-0.05, 0) is 314 Å². The maximum Gasteiger partial charge on any atom is 0.243 e. The number of nitrogens with one attached hydrogen (secondary N) is 12. The van der Waals surface area contributed by atoms with Crippen LogP contribution in [0.1, 0.15) is 217 Å². The summed E-state index contributed by atoms with van der Waals surface area (Å²) in [6, 6.07) is 23.3. The highest BCUT2D eigenvalue weighted by Gasteiger charge is 2.54. The highest BCUT2D eigenvalue weighted by atomic mass is 35.5. The lowest BCUT2D eigenvalue weighted by atomic mass is 9.85. The van der Waals surface area contributed by atoms with E-state index in [1.54, 1.807) is 30.5 Å². The van der Waals surface area contributed by atoms with E-state index in [0.29, 0.717) is 139 Å². The Bertz CT molecular complexity index is 6280. The van der Waals surface area contributed by atoms with Crippen LogP contribution in [-0.2, 0) is 16.0 Å². The number of aryl methyl sites for hydroxylation is 8. The van der Waals surface area contributed by atoms with E-state index < -0.39 is 5.54 Å². The first kappa shape index (κ1) is 95.1. The molecule has 0 bridgehead atoms. The maximum atomic E-state index is 15.2. The number of hydrogen-bond donors (Lipinski definition) is 13. The summed E-state index contributed by atoms with van der Waals surface area (Å²) < 4.78 is 45.5. The second kappa shape index (κ2) is 41.1. The van der Waals surface area contributed by atoms with Gasteiger partial charge in [0.15, 0.2) is 46.5 Å². The van der Waals surface area contributed by atoms with Crippen LogP contribution in [0.15, 0.2) is 97.6 Å². The monoisotopic (exact) mass is 1920 g/mol. The fourth-order valence-electron chi connectivity index (χ4n) is 18.7. The van der Waals surface area contributed by atoms with E-state index in [1.807, 2.05) is 99.8 Å². The van der Waals surface area contributed by atoms with E-state index in [-0.39, 0.29) is 65.0 Å². The Hall–Kier alpha value is -11.6. The summed E-state index contributed by atoms with van der Waals surface area (Å²) >= 11 is 25.0. The normalized spacial score (nSPS) is 17.3. The third-order valence-electron chi connectivity index (χ3n) is 27.0. The van der Waals surface area contributed by atoms with Gasteiger partial charge in [0.2, 0.25) is 29.7 Å². The van der Waals surface area contributed by atoms with Crippen molar-refractivity contribution in [3.05, 3.63) is 219 Å². The molecule has 2 amide bonds. The van der Waals surface area contributed by atoms with Gasteiger partial charge in [-0.25, -0.2) is 38.1 Å². The molecule has 31 nitrogen and oxygen atoms in total. The molecule has 8 aliphatic rings. The SMILES string of the molecule is Cc1cc(Nc2nc(Cc3cc(C)c(C4CCN(C(=O)C5(N)CC5)CC4)cc3F)ncc2Cl)n[nH]1.Cc1cc(Nc2nc(Nc3cc(C)c(C4CCN(C(=O)C5(N(C)C)CC5)CC4)cc3F)ncc2Cl)n[nH]1.Cc1cc(Nc2nc(Nc3cc(C)c(C4CCNCC4)cc3C)ncc2Cl)n[nH]1.Cc1cc(Nc2ncc(Cl)c(Nc3cc(C4CC4)[nH]n3)n2)c(F)cc1C1CCN(C2CC2)CC1. The molecule has 4 aliphatic heterocycles. The minimum absolute atomic E-state index is 0.0634. The first-order chi connectivity index (χ1) is 64.9. The van der Waals surface area contributed by atoms with Crippen LogP contribution in [0, 0.1) is 72.8 Å². The van der Waals surface area contributed by atoms with Crippen molar-refractivity contribution >= 4 is 140 Å². The van der Waals surface area contributed by atoms with Crippen LogP contribution in [0.5, 0.6) is 0 Å². The molecule has 4 aromatic carbocycles. The largest absolute Gasteiger partial charge is 0.341 e. The molecule has 20 rings (SSSR count). The van der Waals surface area contributed by atoms with Crippen molar-refractivity contribution in [3.8, 4) is 0 Å². The van der Waals surface area contributed by atoms with Gasteiger partial charge < -0.3 is 63.0 Å². The Kier molecular flexibility index (Phi) is 29.0. The third kappa shape index (κ3) is 23.2. The van der Waals surface area contributed by atoms with E-state index >= 15 is 13.2 Å². The molecular formula is C97H116Cl4F3N29O2. The Morgan fingerprint density at radius 3 is 1.22 bits per heavy atom. The number of benzene rings is 4. The number of carbonyl (C=O) groups excluding carboxylic acids is 2. The Morgan fingerprint density at radius 1 is 0.415 bits per heavy atom. The van der Waals surface area contributed by atoms with Crippen molar-refractivity contribution in [2.75, 3.05) is 104 Å². The van der Waals surface area contributed by atoms with Crippen molar-refractivity contribution < 1.29 is 22.8 Å².